The minimum Gasteiger partial charge on any atom is -0.262 e. The van der Waals surface area contributed by atoms with Gasteiger partial charge in [-0.15, -0.1) is 0 Å². The monoisotopic (exact) mass is 332 g/mol. The normalized spacial score (nSPS) is 17.7. The Morgan fingerprint density at radius 1 is 1.50 bits per heavy atom. The first-order valence-electron chi connectivity index (χ1n) is 6.14. The number of hydrogen-bond donors (Lipinski definition) is 1. The smallest absolute Gasteiger partial charge is 0.242 e. The van der Waals surface area contributed by atoms with Gasteiger partial charge in [-0.05, 0) is 40.8 Å². The molecule has 1 N–H and O–H groups in total. The standard InChI is InChI=1S/C12H17BrN2O2S/c1-2-11(5-9-3-4-9)15-18(16,17)12-6-10(13)7-14-8-12/h6-9,11,15H,2-5H2,1H3. The van der Waals surface area contributed by atoms with Crippen LogP contribution < -0.4 is 4.72 Å². The summed E-state index contributed by atoms with van der Waals surface area (Å²) in [7, 11) is -3.45. The molecule has 0 bridgehead atoms. The van der Waals surface area contributed by atoms with E-state index in [4.69, 9.17) is 0 Å². The van der Waals surface area contributed by atoms with Gasteiger partial charge in [0.1, 0.15) is 4.90 Å². The molecule has 1 atom stereocenters. The van der Waals surface area contributed by atoms with Gasteiger partial charge in [-0.2, -0.15) is 0 Å². The van der Waals surface area contributed by atoms with Crippen molar-refractivity contribution in [1.82, 2.24) is 9.71 Å². The molecule has 0 saturated heterocycles. The molecule has 0 amide bonds. The number of rotatable bonds is 6. The van der Waals surface area contributed by atoms with E-state index in [2.05, 4.69) is 25.6 Å². The summed E-state index contributed by atoms with van der Waals surface area (Å²) in [5, 5.41) is 0. The summed E-state index contributed by atoms with van der Waals surface area (Å²) >= 11 is 3.23. The highest BCUT2D eigenvalue weighted by Gasteiger charge is 2.27. The lowest BCUT2D eigenvalue weighted by Crippen LogP contribution is -2.34. The van der Waals surface area contributed by atoms with Crippen LogP contribution in [0, 0.1) is 5.92 Å². The van der Waals surface area contributed by atoms with Gasteiger partial charge in [-0.3, -0.25) is 4.98 Å². The van der Waals surface area contributed by atoms with Crippen molar-refractivity contribution in [2.24, 2.45) is 5.92 Å². The number of sulfonamides is 1. The summed E-state index contributed by atoms with van der Waals surface area (Å²) < 4.78 is 27.8. The van der Waals surface area contributed by atoms with Gasteiger partial charge in [-0.25, -0.2) is 13.1 Å². The Balaban J connectivity index is 2.09. The second-order valence-electron chi connectivity index (χ2n) is 4.74. The first-order valence-corrected chi connectivity index (χ1v) is 8.41. The van der Waals surface area contributed by atoms with Gasteiger partial charge in [0.2, 0.25) is 10.0 Å². The summed E-state index contributed by atoms with van der Waals surface area (Å²) in [6.45, 7) is 2.01. The molecule has 1 saturated carbocycles. The van der Waals surface area contributed by atoms with E-state index in [0.717, 1.165) is 12.8 Å². The van der Waals surface area contributed by atoms with Gasteiger partial charge in [0.25, 0.3) is 0 Å². The van der Waals surface area contributed by atoms with Crippen molar-refractivity contribution >= 4 is 26.0 Å². The summed E-state index contributed by atoms with van der Waals surface area (Å²) in [5.74, 6) is 0.707. The van der Waals surface area contributed by atoms with Crippen molar-refractivity contribution in [2.75, 3.05) is 0 Å². The maximum absolute atomic E-state index is 12.2. The average molecular weight is 333 g/mol. The zero-order chi connectivity index (χ0) is 13.2. The maximum Gasteiger partial charge on any atom is 0.242 e. The second kappa shape index (κ2) is 5.67. The Morgan fingerprint density at radius 3 is 2.78 bits per heavy atom. The van der Waals surface area contributed by atoms with Crippen LogP contribution in [0.5, 0.6) is 0 Å². The summed E-state index contributed by atoms with van der Waals surface area (Å²) in [4.78, 5) is 4.10. The first kappa shape index (κ1) is 14.0. The number of nitrogens with one attached hydrogen (secondary N) is 1. The van der Waals surface area contributed by atoms with Crippen LogP contribution in [0.15, 0.2) is 27.8 Å². The van der Waals surface area contributed by atoms with Gasteiger partial charge < -0.3 is 0 Å². The minimum atomic E-state index is -3.45. The third kappa shape index (κ3) is 3.76. The Morgan fingerprint density at radius 2 is 2.22 bits per heavy atom. The van der Waals surface area contributed by atoms with Crippen LogP contribution in [0.25, 0.3) is 0 Å². The number of aromatic nitrogens is 1. The fourth-order valence-electron chi connectivity index (χ4n) is 1.88. The van der Waals surface area contributed by atoms with Crippen LogP contribution in [0.2, 0.25) is 0 Å². The Kier molecular flexibility index (Phi) is 4.40. The van der Waals surface area contributed by atoms with E-state index in [1.807, 2.05) is 6.92 Å². The quantitative estimate of drug-likeness (QED) is 0.871. The molecule has 100 valence electrons. The fraction of sp³-hybridized carbons (Fsp3) is 0.583. The van der Waals surface area contributed by atoms with Crippen LogP contribution in [0.3, 0.4) is 0 Å². The molecule has 0 radical (unpaired) electrons. The third-order valence-electron chi connectivity index (χ3n) is 3.12. The van der Waals surface area contributed by atoms with E-state index in [1.165, 1.54) is 19.0 Å². The van der Waals surface area contributed by atoms with Gasteiger partial charge in [-0.1, -0.05) is 19.8 Å². The zero-order valence-electron chi connectivity index (χ0n) is 10.3. The summed E-state index contributed by atoms with van der Waals surface area (Å²) in [6.07, 6.45) is 7.17. The van der Waals surface area contributed by atoms with Gasteiger partial charge in [0.15, 0.2) is 0 Å². The van der Waals surface area contributed by atoms with Crippen molar-refractivity contribution in [2.45, 2.75) is 43.5 Å². The van der Waals surface area contributed by atoms with E-state index in [-0.39, 0.29) is 10.9 Å². The third-order valence-corrected chi connectivity index (χ3v) is 5.04. The SMILES string of the molecule is CCC(CC1CC1)NS(=O)(=O)c1cncc(Br)c1. The molecule has 0 aliphatic heterocycles. The topological polar surface area (TPSA) is 59.1 Å². The minimum absolute atomic E-state index is 0.0291. The average Bonchev–Trinajstić information content (AvgIpc) is 3.12. The summed E-state index contributed by atoms with van der Waals surface area (Å²) in [6, 6.07) is 1.60. The van der Waals surface area contributed by atoms with Crippen LogP contribution in [0.1, 0.15) is 32.6 Å². The number of halogens is 1. The van der Waals surface area contributed by atoms with Crippen LogP contribution in [0.4, 0.5) is 0 Å². The van der Waals surface area contributed by atoms with Crippen molar-refractivity contribution in [3.63, 3.8) is 0 Å². The van der Waals surface area contributed by atoms with Crippen molar-refractivity contribution < 1.29 is 8.42 Å². The Hall–Kier alpha value is -0.460. The Bertz CT molecular complexity index is 515. The van der Waals surface area contributed by atoms with Gasteiger partial charge >= 0.3 is 0 Å². The molecule has 6 heteroatoms. The molecule has 1 aliphatic carbocycles. The van der Waals surface area contributed by atoms with Crippen molar-refractivity contribution in [3.05, 3.63) is 22.9 Å². The van der Waals surface area contributed by atoms with Gasteiger partial charge in [0.05, 0.1) is 0 Å². The fourth-order valence-corrected chi connectivity index (χ4v) is 3.72. The van der Waals surface area contributed by atoms with Crippen molar-refractivity contribution in [1.29, 1.82) is 0 Å². The molecule has 0 aromatic carbocycles. The molecule has 0 spiro atoms. The van der Waals surface area contributed by atoms with E-state index >= 15 is 0 Å². The second-order valence-corrected chi connectivity index (χ2v) is 7.37. The molecule has 1 unspecified atom stereocenters. The molecule has 1 heterocycles. The van der Waals surface area contributed by atoms with E-state index in [1.54, 1.807) is 12.3 Å². The predicted octanol–water partition coefficient (Wildman–Crippen LogP) is 2.70. The number of nitrogens with zero attached hydrogens (tertiary/aromatic N) is 1. The highest BCUT2D eigenvalue weighted by atomic mass is 79.9. The number of hydrogen-bond acceptors (Lipinski definition) is 3. The molecule has 1 fully saturated rings. The highest BCUT2D eigenvalue weighted by molar-refractivity contribution is 9.10. The maximum atomic E-state index is 12.2. The highest BCUT2D eigenvalue weighted by Crippen LogP contribution is 2.34. The lowest BCUT2D eigenvalue weighted by molar-refractivity contribution is 0.495. The predicted molar refractivity (Wildman–Crippen MR) is 73.7 cm³/mol. The summed E-state index contributed by atoms with van der Waals surface area (Å²) in [5.41, 5.74) is 0. The van der Waals surface area contributed by atoms with E-state index < -0.39 is 10.0 Å². The molecular formula is C12H17BrN2O2S. The molecule has 1 aliphatic rings. The van der Waals surface area contributed by atoms with Crippen LogP contribution in [-0.4, -0.2) is 19.4 Å². The lowest BCUT2D eigenvalue weighted by atomic mass is 10.1. The van der Waals surface area contributed by atoms with E-state index in [0.29, 0.717) is 10.4 Å². The molecule has 2 rings (SSSR count). The largest absolute Gasteiger partial charge is 0.262 e. The van der Waals surface area contributed by atoms with Crippen molar-refractivity contribution in [3.8, 4) is 0 Å². The van der Waals surface area contributed by atoms with Crippen LogP contribution in [-0.2, 0) is 10.0 Å². The van der Waals surface area contributed by atoms with E-state index in [9.17, 15) is 8.42 Å². The molecule has 1 aromatic rings. The molecular weight excluding hydrogens is 316 g/mol. The zero-order valence-corrected chi connectivity index (χ0v) is 12.7. The van der Waals surface area contributed by atoms with Gasteiger partial charge in [0, 0.05) is 22.9 Å². The Labute approximate surface area is 116 Å². The lowest BCUT2D eigenvalue weighted by Gasteiger charge is -2.16. The van der Waals surface area contributed by atoms with Crippen LogP contribution >= 0.6 is 15.9 Å². The molecule has 1 aromatic heterocycles. The molecule has 18 heavy (non-hydrogen) atoms. The number of pyridine rings is 1. The first-order chi connectivity index (χ1) is 8.51. The molecule has 4 nitrogen and oxygen atoms in total.